The van der Waals surface area contributed by atoms with Gasteiger partial charge in [-0.05, 0) is 5.56 Å². The van der Waals surface area contributed by atoms with Gasteiger partial charge in [-0.25, -0.2) is 0 Å². The second-order valence-electron chi connectivity index (χ2n) is 5.62. The van der Waals surface area contributed by atoms with Crippen LogP contribution in [-0.4, -0.2) is 39.9 Å². The van der Waals surface area contributed by atoms with Crippen molar-refractivity contribution in [3.8, 4) is 0 Å². The van der Waals surface area contributed by atoms with Crippen LogP contribution in [0, 0.1) is 5.92 Å². The molecule has 132 valence electrons. The molecule has 1 aromatic carbocycles. The van der Waals surface area contributed by atoms with Crippen molar-refractivity contribution in [3.63, 3.8) is 0 Å². The molecule has 0 bridgehead atoms. The molecule has 9 heteroatoms. The van der Waals surface area contributed by atoms with Crippen LogP contribution in [0.1, 0.15) is 12.0 Å². The summed E-state index contributed by atoms with van der Waals surface area (Å²) in [6.45, 7) is 0. The van der Waals surface area contributed by atoms with Crippen LogP contribution >= 0.6 is 25.3 Å². The summed E-state index contributed by atoms with van der Waals surface area (Å²) in [6, 6.07) is 7.07. The molecule has 0 aromatic heterocycles. The quantitative estimate of drug-likeness (QED) is 0.281. The van der Waals surface area contributed by atoms with E-state index in [1.165, 1.54) is 0 Å². The number of hydrogen-bond acceptors (Lipinski definition) is 5. The van der Waals surface area contributed by atoms with E-state index in [2.05, 4.69) is 35.9 Å². The van der Waals surface area contributed by atoms with Gasteiger partial charge < -0.3 is 10.6 Å². The first kappa shape index (κ1) is 19.2. The summed E-state index contributed by atoms with van der Waals surface area (Å²) in [6.07, 6.45) is -0.281. The molecular weight excluding hydrogens is 364 g/mol. The molecule has 2 rings (SSSR count). The number of amides is 2. The summed E-state index contributed by atoms with van der Waals surface area (Å²) in [5.74, 6) is -2.91. The zero-order valence-corrected chi connectivity index (χ0v) is 14.8. The van der Waals surface area contributed by atoms with E-state index < -0.39 is 45.8 Å². The average Bonchev–Trinajstić information content (AvgIpc) is 2.55. The zero-order chi connectivity index (χ0) is 18.6. The Morgan fingerprint density at radius 1 is 1.12 bits per heavy atom. The van der Waals surface area contributed by atoms with E-state index in [0.29, 0.717) is 0 Å². The van der Waals surface area contributed by atoms with Crippen molar-refractivity contribution in [3.05, 3.63) is 35.9 Å². The van der Waals surface area contributed by atoms with Gasteiger partial charge in [-0.15, -0.1) is 12.6 Å². The number of nitrogens with one attached hydrogen (secondary N) is 2. The minimum atomic E-state index is -1.12. The molecule has 1 fully saturated rings. The van der Waals surface area contributed by atoms with Gasteiger partial charge in [0.1, 0.15) is 6.04 Å². The standard InChI is InChI=1S/C16H16N2O5S2/c19-10(6-8-4-2-1-3-5-8)17-13-12(18-15(13)22)9(7-11(20)24)14(21)16(23)25/h1-5,9,12-13H,6-7H2,(H,17,19)(H,18,22)(H,20,24)(H,23,25)/t9?,12-,13-/m1/s1. The minimum absolute atomic E-state index is 0.0625. The first-order valence-corrected chi connectivity index (χ1v) is 8.31. The molecule has 1 aromatic rings. The summed E-state index contributed by atoms with van der Waals surface area (Å²) in [4.78, 5) is 58.3. The fraction of sp³-hybridized carbons (Fsp3) is 0.312. The number of ketones is 1. The van der Waals surface area contributed by atoms with E-state index in [1.807, 2.05) is 6.07 Å². The third-order valence-electron chi connectivity index (χ3n) is 3.85. The Kier molecular flexibility index (Phi) is 6.38. The average molecular weight is 380 g/mol. The van der Waals surface area contributed by atoms with Crippen LogP contribution < -0.4 is 10.6 Å². The van der Waals surface area contributed by atoms with Crippen LogP contribution in [-0.2, 0) is 30.4 Å². The van der Waals surface area contributed by atoms with E-state index in [1.54, 1.807) is 24.3 Å². The number of β-lactam (4-membered cyclic amide) rings is 1. The zero-order valence-electron chi connectivity index (χ0n) is 13.0. The van der Waals surface area contributed by atoms with Crippen LogP contribution in [0.2, 0.25) is 0 Å². The molecular formula is C16H16N2O5S2. The van der Waals surface area contributed by atoms with Gasteiger partial charge in [0.25, 0.3) is 5.12 Å². The molecule has 2 N–H and O–H groups in total. The van der Waals surface area contributed by atoms with Crippen LogP contribution in [0.3, 0.4) is 0 Å². The van der Waals surface area contributed by atoms with Gasteiger partial charge in [0.05, 0.1) is 18.4 Å². The maximum absolute atomic E-state index is 12.1. The lowest BCUT2D eigenvalue weighted by Gasteiger charge is -2.40. The number of Topliss-reactive ketones (excluding diaryl/α,β-unsaturated/α-hetero) is 1. The molecule has 1 unspecified atom stereocenters. The topological polar surface area (TPSA) is 109 Å². The highest BCUT2D eigenvalue weighted by Crippen LogP contribution is 2.22. The van der Waals surface area contributed by atoms with Crippen LogP contribution in [0.4, 0.5) is 0 Å². The molecule has 7 nitrogen and oxygen atoms in total. The molecule has 0 saturated carbocycles. The van der Waals surface area contributed by atoms with Crippen LogP contribution in [0.15, 0.2) is 30.3 Å². The Morgan fingerprint density at radius 3 is 2.28 bits per heavy atom. The van der Waals surface area contributed by atoms with Crippen molar-refractivity contribution in [2.45, 2.75) is 24.9 Å². The molecule has 3 atom stereocenters. The fourth-order valence-corrected chi connectivity index (χ4v) is 2.99. The van der Waals surface area contributed by atoms with E-state index in [0.717, 1.165) is 5.56 Å². The number of thiol groups is 2. The van der Waals surface area contributed by atoms with Crippen molar-refractivity contribution in [1.82, 2.24) is 10.6 Å². The summed E-state index contributed by atoms with van der Waals surface area (Å²) < 4.78 is 0. The predicted octanol–water partition coefficient (Wildman–Crippen LogP) is -0.299. The smallest absolute Gasteiger partial charge is 0.252 e. The van der Waals surface area contributed by atoms with E-state index >= 15 is 0 Å². The van der Waals surface area contributed by atoms with Gasteiger partial charge >= 0.3 is 0 Å². The minimum Gasteiger partial charge on any atom is -0.348 e. The first-order valence-electron chi connectivity index (χ1n) is 7.42. The van der Waals surface area contributed by atoms with Gasteiger partial charge in [0.15, 0.2) is 5.12 Å². The number of carbonyl (C=O) groups is 5. The lowest BCUT2D eigenvalue weighted by atomic mass is 9.82. The molecule has 25 heavy (non-hydrogen) atoms. The highest BCUT2D eigenvalue weighted by molar-refractivity contribution is 7.98. The number of carbonyl (C=O) groups excluding carboxylic acids is 5. The number of rotatable bonds is 8. The van der Waals surface area contributed by atoms with Crippen molar-refractivity contribution >= 4 is 53.1 Å². The lowest BCUT2D eigenvalue weighted by molar-refractivity contribution is -0.143. The van der Waals surface area contributed by atoms with Crippen molar-refractivity contribution in [2.75, 3.05) is 0 Å². The predicted molar refractivity (Wildman–Crippen MR) is 95.1 cm³/mol. The molecule has 1 saturated heterocycles. The SMILES string of the molecule is O=C(S)CC(C(=O)C(=O)S)[C@H]1NC(=O)[C@@H]1NC(=O)Cc1ccccc1. The third-order valence-corrected chi connectivity index (χ3v) is 4.25. The van der Waals surface area contributed by atoms with Crippen LogP contribution in [0.5, 0.6) is 0 Å². The normalized spacial score (nSPS) is 20.0. The summed E-state index contributed by atoms with van der Waals surface area (Å²) in [5, 5.41) is 3.37. The summed E-state index contributed by atoms with van der Waals surface area (Å²) in [5.41, 5.74) is 0.764. The summed E-state index contributed by atoms with van der Waals surface area (Å²) >= 11 is 7.09. The molecule has 1 heterocycles. The van der Waals surface area contributed by atoms with Crippen molar-refractivity contribution in [1.29, 1.82) is 0 Å². The highest BCUT2D eigenvalue weighted by Gasteiger charge is 2.48. The van der Waals surface area contributed by atoms with Gasteiger partial charge in [0.2, 0.25) is 17.6 Å². The van der Waals surface area contributed by atoms with Crippen LogP contribution in [0.25, 0.3) is 0 Å². The summed E-state index contributed by atoms with van der Waals surface area (Å²) in [7, 11) is 0. The molecule has 0 aliphatic carbocycles. The van der Waals surface area contributed by atoms with Gasteiger partial charge in [-0.3, -0.25) is 24.0 Å². The Balaban J connectivity index is 2.06. The Labute approximate surface area is 154 Å². The van der Waals surface area contributed by atoms with Gasteiger partial charge in [-0.1, -0.05) is 43.0 Å². The number of hydrogen-bond donors (Lipinski definition) is 4. The van der Waals surface area contributed by atoms with Crippen molar-refractivity contribution in [2.24, 2.45) is 5.92 Å². The maximum Gasteiger partial charge on any atom is 0.252 e. The fourth-order valence-electron chi connectivity index (χ4n) is 2.63. The Hall–Kier alpha value is -2.13. The highest BCUT2D eigenvalue weighted by atomic mass is 32.1. The van der Waals surface area contributed by atoms with Crippen molar-refractivity contribution < 1.29 is 24.0 Å². The second kappa shape index (κ2) is 8.30. The van der Waals surface area contributed by atoms with Gasteiger partial charge in [-0.2, -0.15) is 0 Å². The molecule has 0 radical (unpaired) electrons. The van der Waals surface area contributed by atoms with E-state index in [9.17, 15) is 24.0 Å². The largest absolute Gasteiger partial charge is 0.348 e. The van der Waals surface area contributed by atoms with Gasteiger partial charge in [0, 0.05) is 6.42 Å². The molecule has 2 amide bonds. The third kappa shape index (κ3) is 4.93. The Morgan fingerprint density at radius 2 is 1.76 bits per heavy atom. The lowest BCUT2D eigenvalue weighted by Crippen LogP contribution is -2.72. The first-order chi connectivity index (χ1) is 11.8. The maximum atomic E-state index is 12.1. The second-order valence-corrected chi connectivity index (χ2v) is 6.52. The van der Waals surface area contributed by atoms with E-state index in [4.69, 9.17) is 0 Å². The molecule has 1 aliphatic rings. The number of benzene rings is 1. The monoisotopic (exact) mass is 380 g/mol. The Bertz CT molecular complexity index is 722. The molecule has 0 spiro atoms. The molecule has 1 aliphatic heterocycles. The van der Waals surface area contributed by atoms with E-state index in [-0.39, 0.29) is 12.8 Å².